The summed E-state index contributed by atoms with van der Waals surface area (Å²) in [5.74, 6) is 0.108. The number of nitrogens with one attached hydrogen (secondary N) is 1. The molecule has 0 radical (unpaired) electrons. The van der Waals surface area contributed by atoms with E-state index in [1.807, 2.05) is 0 Å². The number of rotatable bonds is 6. The van der Waals surface area contributed by atoms with Crippen molar-refractivity contribution in [1.82, 2.24) is 9.78 Å². The SMILES string of the molecule is Cc1cccc(OC(F)F)c1NC(=O)c1ccnn1CC1CCC1. The molecular weight excluding hydrogens is 316 g/mol. The lowest BCUT2D eigenvalue weighted by Crippen LogP contribution is -2.24. The van der Waals surface area contributed by atoms with Gasteiger partial charge in [-0.15, -0.1) is 0 Å². The summed E-state index contributed by atoms with van der Waals surface area (Å²) in [4.78, 5) is 12.6. The summed E-state index contributed by atoms with van der Waals surface area (Å²) < 4.78 is 31.3. The number of ether oxygens (including phenoxy) is 1. The Balaban J connectivity index is 1.79. The van der Waals surface area contributed by atoms with Gasteiger partial charge in [0.15, 0.2) is 0 Å². The van der Waals surface area contributed by atoms with Crippen LogP contribution in [0.25, 0.3) is 0 Å². The van der Waals surface area contributed by atoms with Gasteiger partial charge in [0.05, 0.1) is 5.69 Å². The van der Waals surface area contributed by atoms with Crippen LogP contribution in [-0.2, 0) is 6.54 Å². The number of carbonyl (C=O) groups is 1. The van der Waals surface area contributed by atoms with Gasteiger partial charge < -0.3 is 10.1 Å². The van der Waals surface area contributed by atoms with E-state index in [-0.39, 0.29) is 17.3 Å². The first-order valence-corrected chi connectivity index (χ1v) is 7.92. The first-order chi connectivity index (χ1) is 11.5. The van der Waals surface area contributed by atoms with Crippen LogP contribution in [0, 0.1) is 12.8 Å². The lowest BCUT2D eigenvalue weighted by molar-refractivity contribution is -0.0493. The van der Waals surface area contributed by atoms with Gasteiger partial charge in [-0.2, -0.15) is 13.9 Å². The minimum atomic E-state index is -2.95. The minimum Gasteiger partial charge on any atom is -0.433 e. The number of hydrogen-bond acceptors (Lipinski definition) is 3. The molecular formula is C17H19F2N3O2. The van der Waals surface area contributed by atoms with E-state index >= 15 is 0 Å². The maximum atomic E-state index is 12.6. The molecule has 3 rings (SSSR count). The zero-order valence-electron chi connectivity index (χ0n) is 13.3. The third kappa shape index (κ3) is 3.55. The highest BCUT2D eigenvalue weighted by molar-refractivity contribution is 6.04. The fourth-order valence-electron chi connectivity index (χ4n) is 2.76. The molecule has 1 aliphatic carbocycles. The molecule has 1 aromatic heterocycles. The summed E-state index contributed by atoms with van der Waals surface area (Å²) in [7, 11) is 0. The molecule has 0 aliphatic heterocycles. The molecule has 7 heteroatoms. The molecule has 1 aliphatic rings. The van der Waals surface area contributed by atoms with Crippen LogP contribution in [0.2, 0.25) is 0 Å². The first kappa shape index (κ1) is 16.4. The second-order valence-corrected chi connectivity index (χ2v) is 5.98. The number of anilines is 1. The molecule has 1 fully saturated rings. The Morgan fingerprint density at radius 1 is 1.42 bits per heavy atom. The topological polar surface area (TPSA) is 56.1 Å². The third-order valence-corrected chi connectivity index (χ3v) is 4.29. The quantitative estimate of drug-likeness (QED) is 0.872. The Kier molecular flexibility index (Phi) is 4.78. The number of nitrogens with zero attached hydrogens (tertiary/aromatic N) is 2. The van der Waals surface area contributed by atoms with Gasteiger partial charge in [0.1, 0.15) is 11.4 Å². The standard InChI is InChI=1S/C17H19F2N3O2/c1-11-4-2-7-14(24-17(18)19)15(11)21-16(23)13-8-9-20-22(13)10-12-5-3-6-12/h2,4,7-9,12,17H,3,5-6,10H2,1H3,(H,21,23). The maximum Gasteiger partial charge on any atom is 0.387 e. The normalized spacial score (nSPS) is 14.5. The number of aromatic nitrogens is 2. The van der Waals surface area contributed by atoms with Crippen molar-refractivity contribution in [2.45, 2.75) is 39.3 Å². The number of para-hydroxylation sites is 1. The molecule has 0 saturated heterocycles. The molecule has 0 spiro atoms. The van der Waals surface area contributed by atoms with E-state index < -0.39 is 6.61 Å². The zero-order chi connectivity index (χ0) is 17.1. The molecule has 0 unspecified atom stereocenters. The molecule has 0 atom stereocenters. The van der Waals surface area contributed by atoms with Gasteiger partial charge in [-0.05, 0) is 43.4 Å². The summed E-state index contributed by atoms with van der Waals surface area (Å²) >= 11 is 0. The number of hydrogen-bond donors (Lipinski definition) is 1. The van der Waals surface area contributed by atoms with Crippen LogP contribution in [0.3, 0.4) is 0 Å². The van der Waals surface area contributed by atoms with E-state index in [9.17, 15) is 13.6 Å². The average molecular weight is 335 g/mol. The van der Waals surface area contributed by atoms with Crippen LogP contribution in [0.5, 0.6) is 5.75 Å². The van der Waals surface area contributed by atoms with Gasteiger partial charge in [-0.1, -0.05) is 18.6 Å². The van der Waals surface area contributed by atoms with Gasteiger partial charge >= 0.3 is 6.61 Å². The highest BCUT2D eigenvalue weighted by Crippen LogP contribution is 2.30. The van der Waals surface area contributed by atoms with Crippen molar-refractivity contribution in [1.29, 1.82) is 0 Å². The van der Waals surface area contributed by atoms with Crippen LogP contribution in [-0.4, -0.2) is 22.3 Å². The largest absolute Gasteiger partial charge is 0.433 e. The summed E-state index contributed by atoms with van der Waals surface area (Å²) in [6, 6.07) is 6.35. The number of aryl methyl sites for hydroxylation is 1. The monoisotopic (exact) mass is 335 g/mol. The van der Waals surface area contributed by atoms with E-state index in [0.717, 1.165) is 12.8 Å². The summed E-state index contributed by atoms with van der Waals surface area (Å²) in [6.45, 7) is -0.532. The second kappa shape index (κ2) is 6.98. The molecule has 128 valence electrons. The molecule has 2 aromatic rings. The molecule has 1 N–H and O–H groups in total. The number of benzene rings is 1. The molecule has 1 heterocycles. The van der Waals surface area contributed by atoms with E-state index in [1.54, 1.807) is 36.0 Å². The Morgan fingerprint density at radius 3 is 2.88 bits per heavy atom. The van der Waals surface area contributed by atoms with Gasteiger partial charge in [0.25, 0.3) is 5.91 Å². The fourth-order valence-corrected chi connectivity index (χ4v) is 2.76. The second-order valence-electron chi connectivity index (χ2n) is 5.98. The predicted octanol–water partition coefficient (Wildman–Crippen LogP) is 3.85. The molecule has 1 saturated carbocycles. The Labute approximate surface area is 138 Å². The number of amides is 1. The van der Waals surface area contributed by atoms with E-state index in [0.29, 0.717) is 23.7 Å². The van der Waals surface area contributed by atoms with Crippen LogP contribution in [0.15, 0.2) is 30.5 Å². The molecule has 0 bridgehead atoms. The van der Waals surface area contributed by atoms with E-state index in [2.05, 4.69) is 15.2 Å². The summed E-state index contributed by atoms with van der Waals surface area (Å²) in [5.41, 5.74) is 1.30. The molecule has 1 aromatic carbocycles. The van der Waals surface area contributed by atoms with Crippen LogP contribution < -0.4 is 10.1 Å². The smallest absolute Gasteiger partial charge is 0.387 e. The van der Waals surface area contributed by atoms with Crippen molar-refractivity contribution < 1.29 is 18.3 Å². The van der Waals surface area contributed by atoms with E-state index in [4.69, 9.17) is 0 Å². The van der Waals surface area contributed by atoms with Gasteiger partial charge in [-0.25, -0.2) is 0 Å². The van der Waals surface area contributed by atoms with Crippen LogP contribution in [0.4, 0.5) is 14.5 Å². The first-order valence-electron chi connectivity index (χ1n) is 7.92. The lowest BCUT2D eigenvalue weighted by Gasteiger charge is -2.25. The average Bonchev–Trinajstić information content (AvgIpc) is 2.94. The van der Waals surface area contributed by atoms with Crippen molar-refractivity contribution in [3.8, 4) is 5.75 Å². The predicted molar refractivity (Wildman–Crippen MR) is 85.3 cm³/mol. The van der Waals surface area contributed by atoms with Crippen molar-refractivity contribution >= 4 is 11.6 Å². The van der Waals surface area contributed by atoms with E-state index in [1.165, 1.54) is 12.5 Å². The van der Waals surface area contributed by atoms with Crippen molar-refractivity contribution in [3.63, 3.8) is 0 Å². The van der Waals surface area contributed by atoms with Gasteiger partial charge in [0, 0.05) is 12.7 Å². The van der Waals surface area contributed by atoms with Crippen molar-refractivity contribution in [2.75, 3.05) is 5.32 Å². The minimum absolute atomic E-state index is 0.0524. The zero-order valence-corrected chi connectivity index (χ0v) is 13.3. The van der Waals surface area contributed by atoms with Crippen LogP contribution in [0.1, 0.15) is 35.3 Å². The number of halogens is 2. The Hall–Kier alpha value is -2.44. The lowest BCUT2D eigenvalue weighted by atomic mass is 9.85. The Bertz CT molecular complexity index is 726. The fraction of sp³-hybridized carbons (Fsp3) is 0.412. The third-order valence-electron chi connectivity index (χ3n) is 4.29. The maximum absolute atomic E-state index is 12.6. The van der Waals surface area contributed by atoms with Gasteiger partial charge in [-0.3, -0.25) is 9.48 Å². The molecule has 24 heavy (non-hydrogen) atoms. The summed E-state index contributed by atoms with van der Waals surface area (Å²) in [6.07, 6.45) is 5.07. The van der Waals surface area contributed by atoms with Crippen molar-refractivity contribution in [3.05, 3.63) is 41.7 Å². The number of carbonyl (C=O) groups excluding carboxylic acids is 1. The highest BCUT2D eigenvalue weighted by atomic mass is 19.3. The molecule has 5 nitrogen and oxygen atoms in total. The van der Waals surface area contributed by atoms with Crippen LogP contribution >= 0.6 is 0 Å². The molecule has 1 amide bonds. The highest BCUT2D eigenvalue weighted by Gasteiger charge is 2.22. The van der Waals surface area contributed by atoms with Gasteiger partial charge in [0.2, 0.25) is 0 Å². The summed E-state index contributed by atoms with van der Waals surface area (Å²) in [5, 5.41) is 6.88. The number of alkyl halides is 2. The Morgan fingerprint density at radius 2 is 2.21 bits per heavy atom. The van der Waals surface area contributed by atoms with Crippen molar-refractivity contribution in [2.24, 2.45) is 5.92 Å².